The maximum Gasteiger partial charge on any atom is 0.271 e. The van der Waals surface area contributed by atoms with Crippen LogP contribution in [0.4, 0.5) is 0 Å². The Bertz CT molecular complexity index is 1170. The third kappa shape index (κ3) is 2.46. The minimum Gasteiger partial charge on any atom is -0.506 e. The van der Waals surface area contributed by atoms with Crippen LogP contribution in [-0.4, -0.2) is 20.4 Å². The average molecular weight is 342 g/mol. The van der Waals surface area contributed by atoms with Gasteiger partial charge in [-0.3, -0.25) is 14.2 Å². The topological polar surface area (TPSA) is 72.2 Å². The Morgan fingerprint density at radius 1 is 0.885 bits per heavy atom. The fraction of sp³-hybridized carbons (Fsp3) is 0. The quantitative estimate of drug-likeness (QED) is 0.580. The van der Waals surface area contributed by atoms with Crippen LogP contribution in [0, 0.1) is 0 Å². The second-order valence-corrected chi connectivity index (χ2v) is 5.77. The first-order valence-corrected chi connectivity index (χ1v) is 8.06. The Labute approximate surface area is 148 Å². The fourth-order valence-corrected chi connectivity index (χ4v) is 2.96. The number of aromatic nitrogens is 2. The van der Waals surface area contributed by atoms with Crippen molar-refractivity contribution in [3.63, 3.8) is 0 Å². The first kappa shape index (κ1) is 15.8. The van der Waals surface area contributed by atoms with E-state index < -0.39 is 11.3 Å². The number of nitrogens with zero attached hydrogens (tertiary/aromatic N) is 2. The molecule has 0 amide bonds. The molecule has 4 rings (SSSR count). The van der Waals surface area contributed by atoms with Gasteiger partial charge in [-0.2, -0.15) is 0 Å². The van der Waals surface area contributed by atoms with Crippen molar-refractivity contribution in [3.05, 3.63) is 100 Å². The van der Waals surface area contributed by atoms with E-state index in [2.05, 4.69) is 4.98 Å². The zero-order chi connectivity index (χ0) is 18.1. The van der Waals surface area contributed by atoms with Crippen molar-refractivity contribution in [2.24, 2.45) is 0 Å². The molecule has 26 heavy (non-hydrogen) atoms. The summed E-state index contributed by atoms with van der Waals surface area (Å²) in [6, 6.07) is 20.6. The molecular weight excluding hydrogens is 328 g/mol. The van der Waals surface area contributed by atoms with Gasteiger partial charge in [-0.05, 0) is 24.3 Å². The summed E-state index contributed by atoms with van der Waals surface area (Å²) >= 11 is 0. The van der Waals surface area contributed by atoms with Gasteiger partial charge in [-0.25, -0.2) is 4.98 Å². The highest BCUT2D eigenvalue weighted by atomic mass is 16.3. The molecule has 0 saturated heterocycles. The second-order valence-electron chi connectivity index (χ2n) is 5.77. The van der Waals surface area contributed by atoms with E-state index in [-0.39, 0.29) is 11.3 Å². The van der Waals surface area contributed by atoms with Crippen LogP contribution in [0.15, 0.2) is 83.8 Å². The SMILES string of the molecule is O=C(c1ccccc1)c1c(O)c2cccnc2n(-c2ccccc2)c1=O. The largest absolute Gasteiger partial charge is 0.506 e. The van der Waals surface area contributed by atoms with E-state index in [1.807, 2.05) is 6.07 Å². The molecule has 0 atom stereocenters. The molecule has 2 heterocycles. The third-order valence-electron chi connectivity index (χ3n) is 4.18. The zero-order valence-corrected chi connectivity index (χ0v) is 13.7. The number of aromatic hydroxyl groups is 1. The summed E-state index contributed by atoms with van der Waals surface area (Å²) in [6.45, 7) is 0. The van der Waals surface area contributed by atoms with Crippen molar-refractivity contribution in [1.29, 1.82) is 0 Å². The van der Waals surface area contributed by atoms with E-state index >= 15 is 0 Å². The van der Waals surface area contributed by atoms with Crippen LogP contribution >= 0.6 is 0 Å². The average Bonchev–Trinajstić information content (AvgIpc) is 2.69. The predicted octanol–water partition coefficient (Wildman–Crippen LogP) is 3.32. The maximum atomic E-state index is 13.2. The number of hydrogen-bond acceptors (Lipinski definition) is 4. The van der Waals surface area contributed by atoms with Crippen LogP contribution in [0.25, 0.3) is 16.7 Å². The van der Waals surface area contributed by atoms with Crippen molar-refractivity contribution in [3.8, 4) is 11.4 Å². The summed E-state index contributed by atoms with van der Waals surface area (Å²) in [5, 5.41) is 11.0. The summed E-state index contributed by atoms with van der Waals surface area (Å²) in [7, 11) is 0. The van der Waals surface area contributed by atoms with Gasteiger partial charge in [0.15, 0.2) is 5.65 Å². The molecule has 0 radical (unpaired) electrons. The summed E-state index contributed by atoms with van der Waals surface area (Å²) < 4.78 is 1.35. The zero-order valence-electron chi connectivity index (χ0n) is 13.7. The molecule has 1 N–H and O–H groups in total. The molecule has 5 nitrogen and oxygen atoms in total. The normalized spacial score (nSPS) is 10.8. The molecule has 0 fully saturated rings. The number of benzene rings is 2. The van der Waals surface area contributed by atoms with Gasteiger partial charge in [0.2, 0.25) is 5.78 Å². The number of fused-ring (bicyclic) bond motifs is 1. The highest BCUT2D eigenvalue weighted by Crippen LogP contribution is 2.28. The lowest BCUT2D eigenvalue weighted by atomic mass is 10.0. The number of hydrogen-bond donors (Lipinski definition) is 1. The van der Waals surface area contributed by atoms with Gasteiger partial charge >= 0.3 is 0 Å². The Morgan fingerprint density at radius 3 is 2.23 bits per heavy atom. The smallest absolute Gasteiger partial charge is 0.271 e. The molecule has 126 valence electrons. The van der Waals surface area contributed by atoms with E-state index in [9.17, 15) is 14.7 Å². The van der Waals surface area contributed by atoms with Crippen molar-refractivity contribution in [1.82, 2.24) is 9.55 Å². The molecule has 5 heteroatoms. The lowest BCUT2D eigenvalue weighted by Gasteiger charge is -2.13. The van der Waals surface area contributed by atoms with Gasteiger partial charge in [-0.1, -0.05) is 48.5 Å². The third-order valence-corrected chi connectivity index (χ3v) is 4.18. The number of para-hydroxylation sites is 1. The number of ketones is 1. The molecule has 0 spiro atoms. The molecular formula is C21H14N2O3. The maximum absolute atomic E-state index is 13.2. The second kappa shape index (κ2) is 6.29. The minimum atomic E-state index is -0.603. The molecule has 0 aliphatic heterocycles. The van der Waals surface area contributed by atoms with E-state index in [1.54, 1.807) is 72.9 Å². The monoisotopic (exact) mass is 342 g/mol. The van der Waals surface area contributed by atoms with Gasteiger partial charge in [-0.15, -0.1) is 0 Å². The van der Waals surface area contributed by atoms with Crippen LogP contribution in [0.5, 0.6) is 5.75 Å². The number of carbonyl (C=O) groups excluding carboxylic acids is 1. The van der Waals surface area contributed by atoms with Crippen LogP contribution < -0.4 is 5.56 Å². The standard InChI is InChI=1S/C21H14N2O3/c24-18(14-8-3-1-4-9-14)17-19(25)16-12-7-13-22-20(16)23(21(17)26)15-10-5-2-6-11-15/h1-13,25H. The first-order valence-electron chi connectivity index (χ1n) is 8.06. The highest BCUT2D eigenvalue weighted by Gasteiger charge is 2.24. The number of rotatable bonds is 3. The van der Waals surface area contributed by atoms with Crippen molar-refractivity contribution in [2.75, 3.05) is 0 Å². The molecule has 0 aliphatic carbocycles. The summed E-state index contributed by atoms with van der Waals surface area (Å²) in [5.41, 5.74) is 0.339. The fourth-order valence-electron chi connectivity index (χ4n) is 2.96. The molecule has 0 aliphatic rings. The predicted molar refractivity (Wildman–Crippen MR) is 98.9 cm³/mol. The molecule has 0 unspecified atom stereocenters. The summed E-state index contributed by atoms with van der Waals surface area (Å²) in [6.07, 6.45) is 1.54. The first-order chi connectivity index (χ1) is 12.7. The molecule has 2 aromatic carbocycles. The van der Waals surface area contributed by atoms with E-state index in [0.29, 0.717) is 22.3 Å². The van der Waals surface area contributed by atoms with E-state index in [1.165, 1.54) is 4.57 Å². The van der Waals surface area contributed by atoms with E-state index in [0.717, 1.165) is 0 Å². The van der Waals surface area contributed by atoms with Gasteiger partial charge in [0.05, 0.1) is 11.1 Å². The Hall–Kier alpha value is -3.73. The van der Waals surface area contributed by atoms with Gasteiger partial charge in [0.1, 0.15) is 11.3 Å². The molecule has 0 bridgehead atoms. The Balaban J connectivity index is 2.10. The van der Waals surface area contributed by atoms with Crippen LogP contribution in [-0.2, 0) is 0 Å². The number of pyridine rings is 2. The van der Waals surface area contributed by atoms with Gasteiger partial charge in [0.25, 0.3) is 5.56 Å². The van der Waals surface area contributed by atoms with E-state index in [4.69, 9.17) is 0 Å². The molecule has 4 aromatic rings. The van der Waals surface area contributed by atoms with Crippen molar-refractivity contribution in [2.45, 2.75) is 0 Å². The van der Waals surface area contributed by atoms with Crippen LogP contribution in [0.1, 0.15) is 15.9 Å². The van der Waals surface area contributed by atoms with Crippen LogP contribution in [0.3, 0.4) is 0 Å². The Morgan fingerprint density at radius 2 is 1.54 bits per heavy atom. The van der Waals surface area contributed by atoms with Crippen LogP contribution in [0.2, 0.25) is 0 Å². The lowest BCUT2D eigenvalue weighted by molar-refractivity contribution is 0.103. The molecule has 2 aromatic heterocycles. The minimum absolute atomic E-state index is 0.263. The highest BCUT2D eigenvalue weighted by molar-refractivity contribution is 6.12. The number of carbonyl (C=O) groups is 1. The summed E-state index contributed by atoms with van der Waals surface area (Å²) in [4.78, 5) is 30.3. The molecule has 0 saturated carbocycles. The van der Waals surface area contributed by atoms with Gasteiger partial charge < -0.3 is 5.11 Å². The van der Waals surface area contributed by atoms with Crippen molar-refractivity contribution >= 4 is 16.8 Å². The van der Waals surface area contributed by atoms with Gasteiger partial charge in [0, 0.05) is 11.8 Å². The lowest BCUT2D eigenvalue weighted by Crippen LogP contribution is -2.26. The Kier molecular flexibility index (Phi) is 3.82. The summed E-state index contributed by atoms with van der Waals surface area (Å²) in [5.74, 6) is -0.873. The van der Waals surface area contributed by atoms with Crippen molar-refractivity contribution < 1.29 is 9.90 Å².